The number of hydrogen-bond acceptors (Lipinski definition) is 2. The molecule has 1 aliphatic heterocycles. The number of nitrogens with one attached hydrogen (secondary N) is 1. The molecule has 0 radical (unpaired) electrons. The van der Waals surface area contributed by atoms with Crippen molar-refractivity contribution in [2.75, 3.05) is 6.54 Å². The third-order valence-corrected chi connectivity index (χ3v) is 4.10. The zero-order chi connectivity index (χ0) is 15.4. The van der Waals surface area contributed by atoms with Gasteiger partial charge >= 0.3 is 5.97 Å². The van der Waals surface area contributed by atoms with Crippen LogP contribution in [0.25, 0.3) is 17.2 Å². The van der Waals surface area contributed by atoms with Crippen LogP contribution < -0.4 is 5.32 Å². The Hall–Kier alpha value is -2.39. The van der Waals surface area contributed by atoms with Gasteiger partial charge in [-0.2, -0.15) is 0 Å². The highest BCUT2D eigenvalue weighted by molar-refractivity contribution is 5.72. The zero-order valence-electron chi connectivity index (χ0n) is 12.3. The summed E-state index contributed by atoms with van der Waals surface area (Å²) in [6.07, 6.45) is 4.65. The fourth-order valence-corrected chi connectivity index (χ4v) is 2.84. The van der Waals surface area contributed by atoms with Gasteiger partial charge in [-0.25, -0.2) is 0 Å². The first-order valence-corrected chi connectivity index (χ1v) is 7.54. The van der Waals surface area contributed by atoms with E-state index in [0.29, 0.717) is 6.42 Å². The van der Waals surface area contributed by atoms with E-state index in [-0.39, 0.29) is 12.0 Å². The van der Waals surface area contributed by atoms with E-state index in [1.807, 2.05) is 30.4 Å². The minimum atomic E-state index is -0.723. The summed E-state index contributed by atoms with van der Waals surface area (Å²) in [6, 6.07) is 18.5. The highest BCUT2D eigenvalue weighted by Gasteiger charge is 2.30. The number of hydrogen-bond donors (Lipinski definition) is 2. The van der Waals surface area contributed by atoms with Crippen molar-refractivity contribution in [2.45, 2.75) is 12.5 Å². The van der Waals surface area contributed by atoms with Crippen LogP contribution in [-0.4, -0.2) is 23.7 Å². The van der Waals surface area contributed by atoms with E-state index in [1.165, 1.54) is 11.1 Å². The molecule has 2 aromatic carbocycles. The van der Waals surface area contributed by atoms with Gasteiger partial charge in [-0.3, -0.25) is 4.79 Å². The van der Waals surface area contributed by atoms with E-state index >= 15 is 0 Å². The average molecular weight is 293 g/mol. The first-order valence-electron chi connectivity index (χ1n) is 7.54. The summed E-state index contributed by atoms with van der Waals surface area (Å²) in [6.45, 7) is 0.763. The Morgan fingerprint density at radius 1 is 1.05 bits per heavy atom. The maximum Gasteiger partial charge on any atom is 0.308 e. The van der Waals surface area contributed by atoms with Gasteiger partial charge in [-0.05, 0) is 29.7 Å². The summed E-state index contributed by atoms with van der Waals surface area (Å²) >= 11 is 0. The molecule has 0 aromatic heterocycles. The van der Waals surface area contributed by atoms with Gasteiger partial charge in [0.1, 0.15) is 0 Å². The Balaban J connectivity index is 1.71. The summed E-state index contributed by atoms with van der Waals surface area (Å²) in [5, 5.41) is 12.4. The van der Waals surface area contributed by atoms with Crippen molar-refractivity contribution in [1.29, 1.82) is 0 Å². The van der Waals surface area contributed by atoms with Crippen LogP contribution in [0.15, 0.2) is 60.7 Å². The lowest BCUT2D eigenvalue weighted by Gasteiger charge is -2.10. The standard InChI is InChI=1S/C19H19NO2/c21-19(22)17-12-13-20-18(17)11-8-14-6-9-16(10-7-14)15-4-2-1-3-5-15/h1-11,17-18,20H,12-13H2,(H,21,22)/b11-8-. The van der Waals surface area contributed by atoms with E-state index in [4.69, 9.17) is 5.11 Å². The highest BCUT2D eigenvalue weighted by Crippen LogP contribution is 2.21. The summed E-state index contributed by atoms with van der Waals surface area (Å²) in [5.41, 5.74) is 3.46. The topological polar surface area (TPSA) is 49.3 Å². The Bertz CT molecular complexity index is 662. The van der Waals surface area contributed by atoms with Gasteiger partial charge in [0.15, 0.2) is 0 Å². The fraction of sp³-hybridized carbons (Fsp3) is 0.211. The van der Waals surface area contributed by atoms with Crippen molar-refractivity contribution in [1.82, 2.24) is 5.32 Å². The monoisotopic (exact) mass is 293 g/mol. The Labute approximate surface area is 130 Å². The van der Waals surface area contributed by atoms with E-state index in [9.17, 15) is 4.79 Å². The number of carbonyl (C=O) groups is 1. The second kappa shape index (κ2) is 6.58. The summed E-state index contributed by atoms with van der Waals surface area (Å²) in [5.74, 6) is -1.04. The van der Waals surface area contributed by atoms with Crippen LogP contribution in [-0.2, 0) is 4.79 Å². The van der Waals surface area contributed by atoms with Crippen LogP contribution in [0, 0.1) is 5.92 Å². The molecule has 2 unspecified atom stereocenters. The molecule has 2 N–H and O–H groups in total. The predicted molar refractivity (Wildman–Crippen MR) is 88.4 cm³/mol. The molecule has 0 aliphatic carbocycles. The van der Waals surface area contributed by atoms with E-state index in [1.54, 1.807) is 0 Å². The van der Waals surface area contributed by atoms with E-state index < -0.39 is 5.97 Å². The number of benzene rings is 2. The lowest BCUT2D eigenvalue weighted by atomic mass is 9.99. The van der Waals surface area contributed by atoms with E-state index in [0.717, 1.165) is 12.1 Å². The summed E-state index contributed by atoms with van der Waals surface area (Å²) in [7, 11) is 0. The third kappa shape index (κ3) is 3.26. The molecule has 0 spiro atoms. The Morgan fingerprint density at radius 3 is 2.41 bits per heavy atom. The second-order valence-corrected chi connectivity index (χ2v) is 5.56. The molecule has 112 valence electrons. The molecule has 2 aromatic rings. The molecule has 3 heteroatoms. The van der Waals surface area contributed by atoms with Crippen LogP contribution >= 0.6 is 0 Å². The Kier molecular flexibility index (Phi) is 4.35. The normalized spacial score (nSPS) is 21.3. The molecule has 0 amide bonds. The number of carboxylic acid groups (broad SMARTS) is 1. The maximum atomic E-state index is 11.2. The van der Waals surface area contributed by atoms with Crippen molar-refractivity contribution < 1.29 is 9.90 Å². The van der Waals surface area contributed by atoms with Gasteiger partial charge < -0.3 is 10.4 Å². The Morgan fingerprint density at radius 2 is 1.73 bits per heavy atom. The van der Waals surface area contributed by atoms with Crippen molar-refractivity contribution in [3.63, 3.8) is 0 Å². The number of aliphatic carboxylic acids is 1. The molecule has 3 nitrogen and oxygen atoms in total. The van der Waals surface area contributed by atoms with Crippen molar-refractivity contribution in [3.05, 3.63) is 66.2 Å². The number of carboxylic acids is 1. The van der Waals surface area contributed by atoms with Crippen LogP contribution in [0.3, 0.4) is 0 Å². The lowest BCUT2D eigenvalue weighted by Crippen LogP contribution is -2.29. The smallest absolute Gasteiger partial charge is 0.308 e. The van der Waals surface area contributed by atoms with E-state index in [2.05, 4.69) is 41.7 Å². The molecular formula is C19H19NO2. The van der Waals surface area contributed by atoms with Crippen LogP contribution in [0.5, 0.6) is 0 Å². The summed E-state index contributed by atoms with van der Waals surface area (Å²) < 4.78 is 0. The van der Waals surface area contributed by atoms with Gasteiger partial charge in [0.2, 0.25) is 0 Å². The van der Waals surface area contributed by atoms with Crippen molar-refractivity contribution in [3.8, 4) is 11.1 Å². The van der Waals surface area contributed by atoms with Gasteiger partial charge in [0.05, 0.1) is 5.92 Å². The minimum absolute atomic E-state index is 0.0775. The van der Waals surface area contributed by atoms with Crippen molar-refractivity contribution >= 4 is 12.0 Å². The largest absolute Gasteiger partial charge is 0.481 e. The average Bonchev–Trinajstić information content (AvgIpc) is 3.03. The molecular weight excluding hydrogens is 274 g/mol. The van der Waals surface area contributed by atoms with Crippen LogP contribution in [0.4, 0.5) is 0 Å². The summed E-state index contributed by atoms with van der Waals surface area (Å²) in [4.78, 5) is 11.2. The molecule has 0 bridgehead atoms. The van der Waals surface area contributed by atoms with Gasteiger partial charge in [-0.15, -0.1) is 0 Å². The van der Waals surface area contributed by atoms with Crippen LogP contribution in [0.2, 0.25) is 0 Å². The molecule has 1 heterocycles. The van der Waals surface area contributed by atoms with Gasteiger partial charge in [0.25, 0.3) is 0 Å². The molecule has 1 fully saturated rings. The molecule has 3 rings (SSSR count). The first-order chi connectivity index (χ1) is 10.7. The molecule has 2 atom stereocenters. The first kappa shape index (κ1) is 14.5. The van der Waals surface area contributed by atoms with Gasteiger partial charge in [-0.1, -0.05) is 66.7 Å². The second-order valence-electron chi connectivity index (χ2n) is 5.56. The predicted octanol–water partition coefficient (Wildman–Crippen LogP) is 3.43. The quantitative estimate of drug-likeness (QED) is 0.908. The maximum absolute atomic E-state index is 11.2. The minimum Gasteiger partial charge on any atom is -0.481 e. The van der Waals surface area contributed by atoms with Gasteiger partial charge in [0, 0.05) is 6.04 Å². The number of rotatable bonds is 4. The molecule has 1 saturated heterocycles. The van der Waals surface area contributed by atoms with Crippen LogP contribution in [0.1, 0.15) is 12.0 Å². The van der Waals surface area contributed by atoms with Crippen molar-refractivity contribution in [2.24, 2.45) is 5.92 Å². The lowest BCUT2D eigenvalue weighted by molar-refractivity contribution is -0.141. The fourth-order valence-electron chi connectivity index (χ4n) is 2.84. The molecule has 22 heavy (non-hydrogen) atoms. The molecule has 1 aliphatic rings. The third-order valence-electron chi connectivity index (χ3n) is 4.10. The molecule has 0 saturated carbocycles. The highest BCUT2D eigenvalue weighted by atomic mass is 16.4. The zero-order valence-corrected chi connectivity index (χ0v) is 12.3. The SMILES string of the molecule is O=C(O)C1CCNC1/C=C\c1ccc(-c2ccccc2)cc1.